The molecule has 1 aromatic heterocycles. The summed E-state index contributed by atoms with van der Waals surface area (Å²) < 4.78 is 20.8. The Bertz CT molecular complexity index is 1000. The van der Waals surface area contributed by atoms with Crippen LogP contribution in [-0.2, 0) is 16.1 Å². The Balaban J connectivity index is 1.54. The Labute approximate surface area is 173 Å². The van der Waals surface area contributed by atoms with Crippen molar-refractivity contribution in [3.05, 3.63) is 60.0 Å². The van der Waals surface area contributed by atoms with E-state index in [1.807, 2.05) is 6.07 Å². The minimum Gasteiger partial charge on any atom is -0.493 e. The largest absolute Gasteiger partial charge is 0.493 e. The first-order chi connectivity index (χ1) is 14.5. The van der Waals surface area contributed by atoms with Gasteiger partial charge in [0.15, 0.2) is 17.6 Å². The molecule has 9 heteroatoms. The van der Waals surface area contributed by atoms with Gasteiger partial charge in [0.1, 0.15) is 0 Å². The van der Waals surface area contributed by atoms with E-state index in [-0.39, 0.29) is 6.54 Å². The summed E-state index contributed by atoms with van der Waals surface area (Å²) in [5, 5.41) is 10.1. The molecule has 0 saturated carbocycles. The highest BCUT2D eigenvalue weighted by molar-refractivity contribution is 5.92. The number of carbonyl (C=O) groups is 2. The van der Waals surface area contributed by atoms with Gasteiger partial charge in [-0.3, -0.25) is 4.79 Å². The maximum absolute atomic E-state index is 12.3. The molecule has 1 atom stereocenters. The fourth-order valence-electron chi connectivity index (χ4n) is 2.65. The zero-order valence-corrected chi connectivity index (χ0v) is 16.7. The number of amides is 1. The van der Waals surface area contributed by atoms with E-state index in [1.54, 1.807) is 43.5 Å². The molecule has 0 unspecified atom stereocenters. The normalized spacial score (nSPS) is 11.4. The lowest BCUT2D eigenvalue weighted by Gasteiger charge is -2.14. The standard InChI is InChI=1S/C21H21N3O6/c1-13(19(25)22-11-14-4-9-17(27-2)18(10-14)28-3)30-21(26)16-7-5-15(6-8-16)20-24-23-12-29-20/h4-10,12-13H,11H2,1-3H3,(H,22,25)/t13-/m0/s1. The second kappa shape index (κ2) is 9.55. The summed E-state index contributed by atoms with van der Waals surface area (Å²) in [6.45, 7) is 1.76. The van der Waals surface area contributed by atoms with Crippen molar-refractivity contribution in [3.8, 4) is 23.0 Å². The number of benzene rings is 2. The molecule has 3 rings (SSSR count). The lowest BCUT2D eigenvalue weighted by Crippen LogP contribution is -2.35. The lowest BCUT2D eigenvalue weighted by atomic mass is 10.1. The number of aromatic nitrogens is 2. The molecule has 0 saturated heterocycles. The summed E-state index contributed by atoms with van der Waals surface area (Å²) >= 11 is 0. The average molecular weight is 411 g/mol. The van der Waals surface area contributed by atoms with E-state index < -0.39 is 18.0 Å². The Morgan fingerprint density at radius 2 is 1.80 bits per heavy atom. The molecule has 156 valence electrons. The van der Waals surface area contributed by atoms with Crippen molar-refractivity contribution < 1.29 is 28.2 Å². The van der Waals surface area contributed by atoms with E-state index in [9.17, 15) is 9.59 Å². The van der Waals surface area contributed by atoms with Gasteiger partial charge >= 0.3 is 5.97 Å². The van der Waals surface area contributed by atoms with Gasteiger partial charge < -0.3 is 23.9 Å². The quantitative estimate of drug-likeness (QED) is 0.563. The molecule has 0 radical (unpaired) electrons. The zero-order valence-electron chi connectivity index (χ0n) is 16.7. The number of carbonyl (C=O) groups excluding carboxylic acids is 2. The van der Waals surface area contributed by atoms with Crippen molar-refractivity contribution in [1.29, 1.82) is 0 Å². The Morgan fingerprint density at radius 1 is 1.07 bits per heavy atom. The van der Waals surface area contributed by atoms with Crippen LogP contribution >= 0.6 is 0 Å². The van der Waals surface area contributed by atoms with E-state index >= 15 is 0 Å². The van der Waals surface area contributed by atoms with Gasteiger partial charge in [0, 0.05) is 12.1 Å². The highest BCUT2D eigenvalue weighted by atomic mass is 16.5. The summed E-state index contributed by atoms with van der Waals surface area (Å²) in [6, 6.07) is 11.8. The third-order valence-corrected chi connectivity index (χ3v) is 4.30. The fourth-order valence-corrected chi connectivity index (χ4v) is 2.65. The molecule has 0 aliphatic carbocycles. The van der Waals surface area contributed by atoms with Gasteiger partial charge in [-0.1, -0.05) is 6.07 Å². The average Bonchev–Trinajstić information content (AvgIpc) is 3.32. The van der Waals surface area contributed by atoms with Gasteiger partial charge in [-0.25, -0.2) is 4.79 Å². The number of nitrogens with one attached hydrogen (secondary N) is 1. The molecule has 0 fully saturated rings. The maximum atomic E-state index is 12.3. The second-order valence-electron chi connectivity index (χ2n) is 6.28. The van der Waals surface area contributed by atoms with Crippen LogP contribution < -0.4 is 14.8 Å². The number of methoxy groups -OCH3 is 2. The van der Waals surface area contributed by atoms with E-state index in [0.29, 0.717) is 28.5 Å². The molecule has 1 heterocycles. The third kappa shape index (κ3) is 4.93. The van der Waals surface area contributed by atoms with Crippen molar-refractivity contribution in [2.24, 2.45) is 0 Å². The second-order valence-corrected chi connectivity index (χ2v) is 6.28. The van der Waals surface area contributed by atoms with Crippen molar-refractivity contribution in [2.45, 2.75) is 19.6 Å². The van der Waals surface area contributed by atoms with Crippen LogP contribution in [0.25, 0.3) is 11.5 Å². The molecule has 30 heavy (non-hydrogen) atoms. The van der Waals surface area contributed by atoms with Crippen molar-refractivity contribution >= 4 is 11.9 Å². The number of rotatable bonds is 8. The van der Waals surface area contributed by atoms with Crippen LogP contribution in [0.2, 0.25) is 0 Å². The van der Waals surface area contributed by atoms with Crippen LogP contribution in [0.1, 0.15) is 22.8 Å². The van der Waals surface area contributed by atoms with E-state index in [1.165, 1.54) is 20.4 Å². The van der Waals surface area contributed by atoms with Gasteiger partial charge in [0.25, 0.3) is 5.91 Å². The predicted molar refractivity (Wildman–Crippen MR) is 106 cm³/mol. The van der Waals surface area contributed by atoms with Crippen molar-refractivity contribution in [1.82, 2.24) is 15.5 Å². The van der Waals surface area contributed by atoms with Crippen molar-refractivity contribution in [3.63, 3.8) is 0 Å². The number of hydrogen-bond acceptors (Lipinski definition) is 8. The van der Waals surface area contributed by atoms with Gasteiger partial charge in [-0.15, -0.1) is 10.2 Å². The molecular weight excluding hydrogens is 390 g/mol. The first-order valence-corrected chi connectivity index (χ1v) is 9.08. The van der Waals surface area contributed by atoms with Crippen LogP contribution in [0.4, 0.5) is 0 Å². The molecule has 0 bridgehead atoms. The monoisotopic (exact) mass is 411 g/mol. The van der Waals surface area contributed by atoms with Crippen LogP contribution in [0.15, 0.2) is 53.3 Å². The first kappa shape index (κ1) is 20.8. The summed E-state index contributed by atoms with van der Waals surface area (Å²) in [5.41, 5.74) is 1.79. The topological polar surface area (TPSA) is 113 Å². The molecule has 2 aromatic carbocycles. The molecule has 0 aliphatic rings. The van der Waals surface area contributed by atoms with Gasteiger partial charge in [0.05, 0.1) is 19.8 Å². The predicted octanol–water partition coefficient (Wildman–Crippen LogP) is 2.62. The molecule has 9 nitrogen and oxygen atoms in total. The van der Waals surface area contributed by atoms with E-state index in [2.05, 4.69) is 15.5 Å². The fraction of sp³-hybridized carbons (Fsp3) is 0.238. The summed E-state index contributed by atoms with van der Waals surface area (Å²) in [6.07, 6.45) is 0.257. The number of ether oxygens (including phenoxy) is 3. The van der Waals surface area contributed by atoms with E-state index in [0.717, 1.165) is 5.56 Å². The third-order valence-electron chi connectivity index (χ3n) is 4.30. The molecule has 1 amide bonds. The Kier molecular flexibility index (Phi) is 6.63. The smallest absolute Gasteiger partial charge is 0.338 e. The molecule has 0 spiro atoms. The summed E-state index contributed by atoms with van der Waals surface area (Å²) in [5.74, 6) is 0.479. The number of esters is 1. The van der Waals surface area contributed by atoms with Crippen LogP contribution in [0.3, 0.4) is 0 Å². The molecular formula is C21H21N3O6. The molecule has 3 aromatic rings. The van der Waals surface area contributed by atoms with Crippen molar-refractivity contribution in [2.75, 3.05) is 14.2 Å². The van der Waals surface area contributed by atoms with Crippen LogP contribution in [-0.4, -0.2) is 42.4 Å². The highest BCUT2D eigenvalue weighted by Crippen LogP contribution is 2.27. The molecule has 1 N–H and O–H groups in total. The Hall–Kier alpha value is -3.88. The highest BCUT2D eigenvalue weighted by Gasteiger charge is 2.19. The maximum Gasteiger partial charge on any atom is 0.338 e. The number of nitrogens with zero attached hydrogens (tertiary/aromatic N) is 2. The van der Waals surface area contributed by atoms with E-state index in [4.69, 9.17) is 18.6 Å². The Morgan fingerprint density at radius 3 is 2.43 bits per heavy atom. The van der Waals surface area contributed by atoms with Crippen LogP contribution in [0, 0.1) is 0 Å². The minimum absolute atomic E-state index is 0.250. The summed E-state index contributed by atoms with van der Waals surface area (Å²) in [4.78, 5) is 24.6. The van der Waals surface area contributed by atoms with Gasteiger partial charge in [-0.2, -0.15) is 0 Å². The minimum atomic E-state index is -0.965. The van der Waals surface area contributed by atoms with Gasteiger partial charge in [-0.05, 0) is 48.9 Å². The first-order valence-electron chi connectivity index (χ1n) is 9.08. The zero-order chi connectivity index (χ0) is 21.5. The van der Waals surface area contributed by atoms with Crippen LogP contribution in [0.5, 0.6) is 11.5 Å². The molecule has 0 aliphatic heterocycles. The lowest BCUT2D eigenvalue weighted by molar-refractivity contribution is -0.129. The SMILES string of the molecule is COc1ccc(CNC(=O)[C@H](C)OC(=O)c2ccc(-c3nnco3)cc2)cc1OC. The summed E-state index contributed by atoms with van der Waals surface area (Å²) in [7, 11) is 3.09. The number of hydrogen-bond donors (Lipinski definition) is 1. The van der Waals surface area contributed by atoms with Gasteiger partial charge in [0.2, 0.25) is 12.3 Å².